The van der Waals surface area contributed by atoms with Gasteiger partial charge >= 0.3 is 5.69 Å². The zero-order chi connectivity index (χ0) is 17.1. The number of nitrogens with one attached hydrogen (secondary N) is 1. The van der Waals surface area contributed by atoms with Gasteiger partial charge < -0.3 is 4.74 Å². The molecule has 0 unspecified atom stereocenters. The van der Waals surface area contributed by atoms with E-state index in [0.717, 1.165) is 11.3 Å². The summed E-state index contributed by atoms with van der Waals surface area (Å²) in [5, 5.41) is 13.7. The van der Waals surface area contributed by atoms with E-state index in [1.54, 1.807) is 6.07 Å². The second-order valence-corrected chi connectivity index (χ2v) is 5.72. The third-order valence-electron chi connectivity index (χ3n) is 3.02. The third kappa shape index (κ3) is 3.46. The zero-order valence-electron chi connectivity index (χ0n) is 12.1. The number of carbonyl (C=O) groups excluding carboxylic acids is 1. The molecule has 0 aliphatic rings. The molecule has 0 saturated carbocycles. The summed E-state index contributed by atoms with van der Waals surface area (Å²) in [6, 6.07) is 9.90. The number of aromatic nitrogens is 1. The predicted molar refractivity (Wildman–Crippen MR) is 86.8 cm³/mol. The number of nitro benzene ring substituents is 1. The van der Waals surface area contributed by atoms with E-state index in [4.69, 9.17) is 4.74 Å². The monoisotopic (exact) mass is 347 g/mol. The number of ether oxygens (including phenoxy) is 1. The summed E-state index contributed by atoms with van der Waals surface area (Å²) < 4.78 is 18.9. The van der Waals surface area contributed by atoms with Crippen LogP contribution in [-0.4, -0.2) is 22.4 Å². The smallest absolute Gasteiger partial charge is 0.310 e. The van der Waals surface area contributed by atoms with Crippen molar-refractivity contribution < 1.29 is 18.8 Å². The van der Waals surface area contributed by atoms with Gasteiger partial charge in [-0.3, -0.25) is 20.2 Å². The maximum Gasteiger partial charge on any atom is 0.310 e. The first-order valence-corrected chi connectivity index (χ1v) is 7.57. The van der Waals surface area contributed by atoms with E-state index in [0.29, 0.717) is 15.3 Å². The molecule has 24 heavy (non-hydrogen) atoms. The van der Waals surface area contributed by atoms with Crippen LogP contribution in [0, 0.1) is 15.9 Å². The lowest BCUT2D eigenvalue weighted by Crippen LogP contribution is -2.20. The number of hydrogen-bond acceptors (Lipinski definition) is 6. The highest BCUT2D eigenvalue weighted by Gasteiger charge is 2.15. The van der Waals surface area contributed by atoms with Crippen molar-refractivity contribution in [3.05, 3.63) is 58.4 Å². The Bertz CT molecular complexity index is 928. The second kappa shape index (κ2) is 6.59. The van der Waals surface area contributed by atoms with Gasteiger partial charge in [0.1, 0.15) is 5.82 Å². The van der Waals surface area contributed by atoms with Crippen LogP contribution in [0.3, 0.4) is 0 Å². The summed E-state index contributed by atoms with van der Waals surface area (Å²) in [5.41, 5.74) is 0.345. The Morgan fingerprint density at radius 2 is 2.12 bits per heavy atom. The molecule has 0 atom stereocenters. The maximum absolute atomic E-state index is 13.1. The molecule has 1 amide bonds. The van der Waals surface area contributed by atoms with Gasteiger partial charge in [-0.15, -0.1) is 0 Å². The van der Waals surface area contributed by atoms with E-state index in [-0.39, 0.29) is 17.3 Å². The Kier molecular flexibility index (Phi) is 4.34. The largest absolute Gasteiger partial charge is 0.477 e. The Balaban J connectivity index is 1.66. The molecular formula is C15H10FN3O4S. The predicted octanol–water partition coefficient (Wildman–Crippen LogP) is 3.36. The summed E-state index contributed by atoms with van der Waals surface area (Å²) in [5.74, 6) is -0.902. The molecule has 0 spiro atoms. The van der Waals surface area contributed by atoms with Crippen molar-refractivity contribution in [2.45, 2.75) is 0 Å². The van der Waals surface area contributed by atoms with Crippen LogP contribution >= 0.6 is 11.3 Å². The van der Waals surface area contributed by atoms with Crippen LogP contribution in [0.1, 0.15) is 0 Å². The molecule has 0 bridgehead atoms. The highest BCUT2D eigenvalue weighted by atomic mass is 32.1. The van der Waals surface area contributed by atoms with Gasteiger partial charge in [-0.25, -0.2) is 9.37 Å². The SMILES string of the molecule is O=C(COc1ccccc1[N+](=O)[O-])Nc1nc2ccc(F)cc2s1. The summed E-state index contributed by atoms with van der Waals surface area (Å²) in [6.45, 7) is -0.408. The number of para-hydroxylation sites is 2. The lowest BCUT2D eigenvalue weighted by atomic mass is 10.3. The molecule has 3 aromatic rings. The van der Waals surface area contributed by atoms with Crippen LogP contribution < -0.4 is 10.1 Å². The number of halogens is 1. The van der Waals surface area contributed by atoms with E-state index in [1.165, 1.54) is 36.4 Å². The maximum atomic E-state index is 13.1. The summed E-state index contributed by atoms with van der Waals surface area (Å²) in [7, 11) is 0. The fourth-order valence-corrected chi connectivity index (χ4v) is 2.89. The number of hydrogen-bond donors (Lipinski definition) is 1. The molecule has 0 fully saturated rings. The van der Waals surface area contributed by atoms with Gasteiger partial charge in [0.15, 0.2) is 17.5 Å². The Hall–Kier alpha value is -3.07. The quantitative estimate of drug-likeness (QED) is 0.564. The van der Waals surface area contributed by atoms with E-state index >= 15 is 0 Å². The van der Waals surface area contributed by atoms with Gasteiger partial charge in [-0.1, -0.05) is 23.5 Å². The first-order valence-electron chi connectivity index (χ1n) is 6.75. The van der Waals surface area contributed by atoms with Crippen molar-refractivity contribution in [2.75, 3.05) is 11.9 Å². The van der Waals surface area contributed by atoms with Gasteiger partial charge in [0.2, 0.25) is 0 Å². The highest BCUT2D eigenvalue weighted by Crippen LogP contribution is 2.27. The van der Waals surface area contributed by atoms with Gasteiger partial charge in [-0.05, 0) is 24.3 Å². The number of anilines is 1. The summed E-state index contributed by atoms with van der Waals surface area (Å²) in [6.07, 6.45) is 0. The van der Waals surface area contributed by atoms with Gasteiger partial charge in [-0.2, -0.15) is 0 Å². The van der Waals surface area contributed by atoms with Crippen molar-refractivity contribution in [3.63, 3.8) is 0 Å². The number of nitro groups is 1. The van der Waals surface area contributed by atoms with Crippen LogP contribution in [0.5, 0.6) is 5.75 Å². The van der Waals surface area contributed by atoms with Crippen LogP contribution in [0.4, 0.5) is 15.2 Å². The van der Waals surface area contributed by atoms with Gasteiger partial charge in [0.05, 0.1) is 15.1 Å². The minimum Gasteiger partial charge on any atom is -0.477 e. The van der Waals surface area contributed by atoms with Crippen LogP contribution in [-0.2, 0) is 4.79 Å². The zero-order valence-corrected chi connectivity index (χ0v) is 12.9. The molecule has 1 heterocycles. The average molecular weight is 347 g/mol. The van der Waals surface area contributed by atoms with Gasteiger partial charge in [0, 0.05) is 6.07 Å². The number of rotatable bonds is 5. The minimum atomic E-state index is -0.588. The van der Waals surface area contributed by atoms with Gasteiger partial charge in [0.25, 0.3) is 5.91 Å². The summed E-state index contributed by atoms with van der Waals surface area (Å²) >= 11 is 1.12. The topological polar surface area (TPSA) is 94.4 Å². The Morgan fingerprint density at radius 1 is 1.33 bits per heavy atom. The molecule has 0 saturated heterocycles. The molecule has 1 aromatic heterocycles. The lowest BCUT2D eigenvalue weighted by molar-refractivity contribution is -0.385. The fraction of sp³-hybridized carbons (Fsp3) is 0.0667. The summed E-state index contributed by atoms with van der Waals surface area (Å²) in [4.78, 5) is 26.3. The Labute approximate surface area is 138 Å². The van der Waals surface area contributed by atoms with E-state index in [2.05, 4.69) is 10.3 Å². The number of fused-ring (bicyclic) bond motifs is 1. The Morgan fingerprint density at radius 3 is 2.92 bits per heavy atom. The molecule has 3 rings (SSSR count). The molecule has 2 aromatic carbocycles. The molecular weight excluding hydrogens is 337 g/mol. The van der Waals surface area contributed by atoms with Crippen LogP contribution in [0.2, 0.25) is 0 Å². The van der Waals surface area contributed by atoms with Crippen LogP contribution in [0.15, 0.2) is 42.5 Å². The number of amides is 1. The minimum absolute atomic E-state index is 0.00372. The average Bonchev–Trinajstić information content (AvgIpc) is 2.94. The van der Waals surface area contributed by atoms with Crippen molar-refractivity contribution in [1.29, 1.82) is 0 Å². The lowest BCUT2D eigenvalue weighted by Gasteiger charge is -2.05. The molecule has 122 valence electrons. The molecule has 0 aliphatic heterocycles. The van der Waals surface area contributed by atoms with Crippen LogP contribution in [0.25, 0.3) is 10.2 Å². The molecule has 0 radical (unpaired) electrons. The highest BCUT2D eigenvalue weighted by molar-refractivity contribution is 7.22. The molecule has 0 aliphatic carbocycles. The van der Waals surface area contributed by atoms with Crippen molar-refractivity contribution in [3.8, 4) is 5.75 Å². The number of nitrogens with zero attached hydrogens (tertiary/aromatic N) is 2. The molecule has 1 N–H and O–H groups in total. The van der Waals surface area contributed by atoms with Crippen molar-refractivity contribution in [1.82, 2.24) is 4.98 Å². The van der Waals surface area contributed by atoms with E-state index in [1.807, 2.05) is 0 Å². The van der Waals surface area contributed by atoms with E-state index < -0.39 is 17.4 Å². The first kappa shape index (κ1) is 15.8. The third-order valence-corrected chi connectivity index (χ3v) is 3.95. The fourth-order valence-electron chi connectivity index (χ4n) is 1.98. The standard InChI is InChI=1S/C15H10FN3O4S/c16-9-5-6-10-13(7-9)24-15(17-10)18-14(20)8-23-12-4-2-1-3-11(12)19(21)22/h1-7H,8H2,(H,17,18,20). The van der Waals surface area contributed by atoms with Crippen molar-refractivity contribution in [2.24, 2.45) is 0 Å². The number of benzene rings is 2. The normalized spacial score (nSPS) is 10.5. The number of thiazole rings is 1. The first-order chi connectivity index (χ1) is 11.5. The molecule has 7 nitrogen and oxygen atoms in total. The number of carbonyl (C=O) groups is 1. The van der Waals surface area contributed by atoms with Crippen molar-refractivity contribution >= 4 is 38.3 Å². The van der Waals surface area contributed by atoms with E-state index in [9.17, 15) is 19.3 Å². The second-order valence-electron chi connectivity index (χ2n) is 4.69. The molecule has 9 heteroatoms.